The number of para-hydroxylation sites is 3. The molecule has 9 heteroatoms. The largest absolute Gasteiger partial charge is 0.470 e. The predicted octanol–water partition coefficient (Wildman–Crippen LogP) is 6.25. The summed E-state index contributed by atoms with van der Waals surface area (Å²) in [5.74, 6) is -0.311. The van der Waals surface area contributed by atoms with Crippen LogP contribution in [0.1, 0.15) is 26.3 Å². The molecule has 0 radical (unpaired) electrons. The molecule has 4 rings (SSSR count). The normalized spacial score (nSPS) is 17.1. The Hall–Kier alpha value is -4.03. The third-order valence-electron chi connectivity index (χ3n) is 5.48. The summed E-state index contributed by atoms with van der Waals surface area (Å²) in [5.41, 5.74) is -0.197. The molecule has 1 heterocycles. The Balaban J connectivity index is 1.97. The van der Waals surface area contributed by atoms with Gasteiger partial charge in [0.25, 0.3) is 11.2 Å². The van der Waals surface area contributed by atoms with Crippen molar-refractivity contribution in [2.45, 2.75) is 31.7 Å². The van der Waals surface area contributed by atoms with Crippen molar-refractivity contribution in [1.29, 1.82) is 0 Å². The van der Waals surface area contributed by atoms with E-state index in [1.54, 1.807) is 112 Å². The first-order valence-electron chi connectivity index (χ1n) is 11.7. The molecule has 1 atom stereocenters. The number of hydrogen-bond acceptors (Lipinski definition) is 6. The van der Waals surface area contributed by atoms with Gasteiger partial charge in [-0.1, -0.05) is 60.7 Å². The summed E-state index contributed by atoms with van der Waals surface area (Å²) in [7, 11) is -4.65. The van der Waals surface area contributed by atoms with Gasteiger partial charge in [0, 0.05) is 12.1 Å². The number of alkyl carbamates (subject to hydrolysis) is 1. The Labute approximate surface area is 216 Å². The number of benzene rings is 3. The lowest BCUT2D eigenvalue weighted by molar-refractivity contribution is -0.121. The zero-order valence-corrected chi connectivity index (χ0v) is 21.8. The molecule has 8 nitrogen and oxygen atoms in total. The van der Waals surface area contributed by atoms with E-state index in [1.807, 2.05) is 0 Å². The van der Waals surface area contributed by atoms with Crippen molar-refractivity contribution in [1.82, 2.24) is 5.32 Å². The zero-order valence-electron chi connectivity index (χ0n) is 20.9. The number of carbonyl (C=O) groups excluding carboxylic acids is 2. The first kappa shape index (κ1) is 26.0. The van der Waals surface area contributed by atoms with Gasteiger partial charge < -0.3 is 18.7 Å². The van der Waals surface area contributed by atoms with E-state index < -0.39 is 30.5 Å². The average Bonchev–Trinajstić information content (AvgIpc) is 3.08. The Morgan fingerprint density at radius 1 is 0.946 bits per heavy atom. The van der Waals surface area contributed by atoms with Crippen molar-refractivity contribution in [2.75, 3.05) is 11.4 Å². The van der Waals surface area contributed by atoms with E-state index in [9.17, 15) is 9.59 Å². The number of anilines is 1. The molecule has 0 fully saturated rings. The van der Waals surface area contributed by atoms with Crippen LogP contribution in [0.5, 0.6) is 11.5 Å². The number of fused-ring (bicyclic) bond motifs is 1. The smallest absolute Gasteiger partial charge is 0.444 e. The molecule has 2 amide bonds. The van der Waals surface area contributed by atoms with Crippen LogP contribution in [0.25, 0.3) is 0 Å². The van der Waals surface area contributed by atoms with Crippen molar-refractivity contribution in [3.8, 4) is 11.5 Å². The maximum Gasteiger partial charge on any atom is 0.470 e. The summed E-state index contributed by atoms with van der Waals surface area (Å²) in [5, 5.41) is 0.361. The van der Waals surface area contributed by atoms with Gasteiger partial charge in [0.05, 0.1) is 5.69 Å². The van der Waals surface area contributed by atoms with E-state index in [-0.39, 0.29) is 23.6 Å². The molecule has 1 N–H and O–H groups in total. The SMILES string of the molecule is C=CCN1C(=O)[C@](NC(=O)OC(C)(C)C)(P(=O)(Oc2ccccc2)Oc2ccccc2)c2ccccc21. The third-order valence-corrected chi connectivity index (χ3v) is 7.75. The number of rotatable bonds is 8. The molecule has 1 aliphatic heterocycles. The average molecular weight is 521 g/mol. The van der Waals surface area contributed by atoms with Crippen LogP contribution in [0.3, 0.4) is 0 Å². The second-order valence-corrected chi connectivity index (χ2v) is 11.4. The van der Waals surface area contributed by atoms with E-state index in [0.29, 0.717) is 5.69 Å². The molecule has 3 aromatic rings. The van der Waals surface area contributed by atoms with Crippen LogP contribution in [-0.4, -0.2) is 24.1 Å². The highest BCUT2D eigenvalue weighted by atomic mass is 31.2. The van der Waals surface area contributed by atoms with Gasteiger partial charge in [-0.25, -0.2) is 9.36 Å². The molecule has 1 aliphatic rings. The minimum atomic E-state index is -4.65. The van der Waals surface area contributed by atoms with Gasteiger partial charge in [-0.05, 0) is 51.1 Å². The van der Waals surface area contributed by atoms with E-state index in [2.05, 4.69) is 11.9 Å². The van der Waals surface area contributed by atoms with Crippen LogP contribution in [0.15, 0.2) is 97.6 Å². The summed E-state index contributed by atoms with van der Waals surface area (Å²) in [6.07, 6.45) is 0.587. The maximum atomic E-state index is 15.1. The lowest BCUT2D eigenvalue weighted by atomic mass is 10.1. The van der Waals surface area contributed by atoms with Crippen LogP contribution in [-0.2, 0) is 19.4 Å². The summed E-state index contributed by atoms with van der Waals surface area (Å²) in [4.78, 5) is 28.9. The lowest BCUT2D eigenvalue weighted by Crippen LogP contribution is -2.55. The van der Waals surface area contributed by atoms with Crippen LogP contribution < -0.4 is 19.3 Å². The number of nitrogens with one attached hydrogen (secondary N) is 1. The van der Waals surface area contributed by atoms with Crippen LogP contribution in [0, 0.1) is 0 Å². The molecule has 0 aromatic heterocycles. The topological polar surface area (TPSA) is 94.2 Å². The summed E-state index contributed by atoms with van der Waals surface area (Å²) >= 11 is 0. The second kappa shape index (κ2) is 10.1. The Bertz CT molecular complexity index is 1290. The number of ether oxygens (including phenoxy) is 1. The van der Waals surface area contributed by atoms with Gasteiger partial charge in [-0.2, -0.15) is 0 Å². The molecule has 0 spiro atoms. The molecule has 0 aliphatic carbocycles. The predicted molar refractivity (Wildman–Crippen MR) is 142 cm³/mol. The van der Waals surface area contributed by atoms with Gasteiger partial charge in [-0.3, -0.25) is 10.1 Å². The number of hydrogen-bond donors (Lipinski definition) is 1. The molecule has 0 unspecified atom stereocenters. The highest BCUT2D eigenvalue weighted by Gasteiger charge is 2.68. The van der Waals surface area contributed by atoms with E-state index in [1.165, 1.54) is 4.90 Å². The Kier molecular flexibility index (Phi) is 7.14. The van der Waals surface area contributed by atoms with Crippen molar-refractivity contribution in [3.05, 3.63) is 103 Å². The summed E-state index contributed by atoms with van der Waals surface area (Å²) in [6, 6.07) is 23.4. The molecule has 0 bridgehead atoms. The van der Waals surface area contributed by atoms with Crippen molar-refractivity contribution < 1.29 is 27.9 Å². The monoisotopic (exact) mass is 520 g/mol. The molecule has 0 saturated carbocycles. The number of nitrogens with zero attached hydrogens (tertiary/aromatic N) is 1. The highest BCUT2D eigenvalue weighted by molar-refractivity contribution is 7.57. The minimum absolute atomic E-state index is 0.101. The van der Waals surface area contributed by atoms with E-state index in [0.717, 1.165) is 0 Å². The Morgan fingerprint density at radius 2 is 1.46 bits per heavy atom. The fourth-order valence-corrected chi connectivity index (χ4v) is 6.22. The quantitative estimate of drug-likeness (QED) is 0.279. The first-order valence-corrected chi connectivity index (χ1v) is 13.3. The molecule has 37 heavy (non-hydrogen) atoms. The molecule has 0 saturated heterocycles. The van der Waals surface area contributed by atoms with Crippen LogP contribution in [0.4, 0.5) is 10.5 Å². The van der Waals surface area contributed by atoms with Crippen molar-refractivity contribution in [3.63, 3.8) is 0 Å². The highest BCUT2D eigenvalue weighted by Crippen LogP contribution is 2.67. The standard InChI is InChI=1S/C28H29N2O6P/c1-5-20-30-24-19-13-12-18-23(24)28(25(30)31,29-26(32)34-27(2,3)4)37(33,35-21-14-8-6-9-15-21)36-22-16-10-7-11-17-22/h5-19H,1,20H2,2-4H3,(H,29,32)/t28-/m1/s1. The fraction of sp³-hybridized carbons (Fsp3) is 0.214. The summed E-state index contributed by atoms with van der Waals surface area (Å²) in [6.45, 7) is 8.92. The number of carbonyl (C=O) groups is 2. The van der Waals surface area contributed by atoms with Gasteiger partial charge in [0.15, 0.2) is 0 Å². The van der Waals surface area contributed by atoms with E-state index in [4.69, 9.17) is 13.8 Å². The molecule has 3 aromatic carbocycles. The maximum absolute atomic E-state index is 15.1. The number of amides is 2. The lowest BCUT2D eigenvalue weighted by Gasteiger charge is -2.36. The van der Waals surface area contributed by atoms with Crippen molar-refractivity contribution in [2.24, 2.45) is 0 Å². The van der Waals surface area contributed by atoms with E-state index >= 15 is 4.57 Å². The second-order valence-electron chi connectivity index (χ2n) is 9.37. The molecular weight excluding hydrogens is 491 g/mol. The van der Waals surface area contributed by atoms with Crippen molar-refractivity contribution >= 4 is 25.3 Å². The van der Waals surface area contributed by atoms with Crippen LogP contribution in [0.2, 0.25) is 0 Å². The summed E-state index contributed by atoms with van der Waals surface area (Å²) < 4.78 is 32.8. The van der Waals surface area contributed by atoms with Gasteiger partial charge in [-0.15, -0.1) is 6.58 Å². The van der Waals surface area contributed by atoms with Crippen LogP contribution >= 0.6 is 7.60 Å². The minimum Gasteiger partial charge on any atom is -0.444 e. The zero-order chi connectivity index (χ0) is 26.7. The molecular formula is C28H29N2O6P. The fourth-order valence-electron chi connectivity index (χ4n) is 4.05. The van der Waals surface area contributed by atoms with Gasteiger partial charge in [0.2, 0.25) is 0 Å². The van der Waals surface area contributed by atoms with Gasteiger partial charge >= 0.3 is 13.7 Å². The Morgan fingerprint density at radius 3 is 1.97 bits per heavy atom. The van der Waals surface area contributed by atoms with Gasteiger partial charge in [0.1, 0.15) is 17.1 Å². The third kappa shape index (κ3) is 5.11. The first-order chi connectivity index (χ1) is 17.6. The molecule has 192 valence electrons.